The Bertz CT molecular complexity index is 669. The number of amides is 2. The largest absolute Gasteiger partial charge is 0.497 e. The second-order valence-electron chi connectivity index (χ2n) is 5.57. The first-order valence-corrected chi connectivity index (χ1v) is 7.93. The quantitative estimate of drug-likeness (QED) is 0.768. The SMILES string of the molecule is COc1ccc(CNC(=O)NCCOc2ccc(C)cc2C)cc1. The lowest BCUT2D eigenvalue weighted by molar-refractivity contribution is 0.236. The number of rotatable bonds is 7. The molecule has 128 valence electrons. The maximum Gasteiger partial charge on any atom is 0.315 e. The number of aryl methyl sites for hydroxylation is 2. The lowest BCUT2D eigenvalue weighted by atomic mass is 10.1. The Kier molecular flexibility index (Phi) is 6.49. The molecule has 0 aliphatic heterocycles. The van der Waals surface area contributed by atoms with E-state index in [1.165, 1.54) is 5.56 Å². The van der Waals surface area contributed by atoms with Crippen LogP contribution in [0, 0.1) is 13.8 Å². The van der Waals surface area contributed by atoms with Gasteiger partial charge in [-0.05, 0) is 43.2 Å². The first kappa shape index (κ1) is 17.7. The molecule has 0 aliphatic rings. The number of methoxy groups -OCH3 is 1. The zero-order valence-electron chi connectivity index (χ0n) is 14.4. The van der Waals surface area contributed by atoms with Gasteiger partial charge in [0.05, 0.1) is 13.7 Å². The van der Waals surface area contributed by atoms with Gasteiger partial charge in [0.1, 0.15) is 18.1 Å². The number of hydrogen-bond acceptors (Lipinski definition) is 3. The maximum absolute atomic E-state index is 11.8. The van der Waals surface area contributed by atoms with Crippen LogP contribution in [0.1, 0.15) is 16.7 Å². The predicted octanol–water partition coefficient (Wildman–Crippen LogP) is 3.19. The highest BCUT2D eigenvalue weighted by molar-refractivity contribution is 5.73. The first-order chi connectivity index (χ1) is 11.6. The number of hydrogen-bond donors (Lipinski definition) is 2. The highest BCUT2D eigenvalue weighted by atomic mass is 16.5. The Morgan fingerprint density at radius 3 is 2.46 bits per heavy atom. The molecule has 0 heterocycles. The summed E-state index contributed by atoms with van der Waals surface area (Å²) in [4.78, 5) is 11.8. The molecule has 0 saturated heterocycles. The summed E-state index contributed by atoms with van der Waals surface area (Å²) < 4.78 is 10.8. The van der Waals surface area contributed by atoms with Gasteiger partial charge in [0.25, 0.3) is 0 Å². The molecule has 0 bridgehead atoms. The van der Waals surface area contributed by atoms with E-state index in [1.54, 1.807) is 7.11 Å². The van der Waals surface area contributed by atoms with Crippen molar-refractivity contribution in [3.63, 3.8) is 0 Å². The van der Waals surface area contributed by atoms with Crippen molar-refractivity contribution in [2.75, 3.05) is 20.3 Å². The molecule has 2 N–H and O–H groups in total. The normalized spacial score (nSPS) is 10.1. The van der Waals surface area contributed by atoms with Crippen molar-refractivity contribution in [2.45, 2.75) is 20.4 Å². The second-order valence-corrected chi connectivity index (χ2v) is 5.57. The van der Waals surface area contributed by atoms with Gasteiger partial charge in [-0.2, -0.15) is 0 Å². The number of ether oxygens (including phenoxy) is 2. The minimum absolute atomic E-state index is 0.213. The molecule has 0 saturated carbocycles. The van der Waals surface area contributed by atoms with E-state index in [4.69, 9.17) is 9.47 Å². The predicted molar refractivity (Wildman–Crippen MR) is 94.6 cm³/mol. The van der Waals surface area contributed by atoms with Gasteiger partial charge in [-0.15, -0.1) is 0 Å². The molecule has 2 amide bonds. The first-order valence-electron chi connectivity index (χ1n) is 7.93. The highest BCUT2D eigenvalue weighted by Crippen LogP contribution is 2.18. The van der Waals surface area contributed by atoms with Crippen molar-refractivity contribution in [3.05, 3.63) is 59.2 Å². The van der Waals surface area contributed by atoms with Crippen LogP contribution < -0.4 is 20.1 Å². The van der Waals surface area contributed by atoms with E-state index in [1.807, 2.05) is 50.2 Å². The monoisotopic (exact) mass is 328 g/mol. The summed E-state index contributed by atoms with van der Waals surface area (Å²) in [7, 11) is 1.63. The van der Waals surface area contributed by atoms with E-state index < -0.39 is 0 Å². The van der Waals surface area contributed by atoms with Gasteiger partial charge in [-0.1, -0.05) is 29.8 Å². The Balaban J connectivity index is 1.65. The molecule has 2 aromatic carbocycles. The van der Waals surface area contributed by atoms with Crippen molar-refractivity contribution < 1.29 is 14.3 Å². The van der Waals surface area contributed by atoms with Gasteiger partial charge in [0.15, 0.2) is 0 Å². The smallest absolute Gasteiger partial charge is 0.315 e. The molecule has 24 heavy (non-hydrogen) atoms. The average Bonchev–Trinajstić information content (AvgIpc) is 2.59. The summed E-state index contributed by atoms with van der Waals surface area (Å²) in [6.45, 7) is 5.40. The molecule has 5 nitrogen and oxygen atoms in total. The van der Waals surface area contributed by atoms with Crippen molar-refractivity contribution in [3.8, 4) is 11.5 Å². The number of carbonyl (C=O) groups is 1. The molecule has 2 aromatic rings. The Labute approximate surface area is 143 Å². The lowest BCUT2D eigenvalue weighted by Crippen LogP contribution is -2.37. The molecular formula is C19H24N2O3. The summed E-state index contributed by atoms with van der Waals surface area (Å²) in [6.07, 6.45) is 0. The average molecular weight is 328 g/mol. The van der Waals surface area contributed by atoms with Crippen LogP contribution >= 0.6 is 0 Å². The van der Waals surface area contributed by atoms with Gasteiger partial charge >= 0.3 is 6.03 Å². The van der Waals surface area contributed by atoms with Crippen LogP contribution in [0.15, 0.2) is 42.5 Å². The van der Waals surface area contributed by atoms with E-state index in [9.17, 15) is 4.79 Å². The van der Waals surface area contributed by atoms with Gasteiger partial charge in [-0.3, -0.25) is 0 Å². The van der Waals surface area contributed by atoms with Gasteiger partial charge in [-0.25, -0.2) is 4.79 Å². The third kappa shape index (κ3) is 5.50. The third-order valence-corrected chi connectivity index (χ3v) is 3.59. The summed E-state index contributed by atoms with van der Waals surface area (Å²) >= 11 is 0. The van der Waals surface area contributed by atoms with E-state index >= 15 is 0 Å². The summed E-state index contributed by atoms with van der Waals surface area (Å²) in [5.74, 6) is 1.65. The van der Waals surface area contributed by atoms with E-state index in [0.29, 0.717) is 19.7 Å². The number of carbonyl (C=O) groups excluding carboxylic acids is 1. The molecule has 0 fully saturated rings. The Hall–Kier alpha value is -2.69. The summed E-state index contributed by atoms with van der Waals surface area (Å²) in [6, 6.07) is 13.4. The zero-order chi connectivity index (χ0) is 17.4. The molecular weight excluding hydrogens is 304 g/mol. The Morgan fingerprint density at radius 1 is 1.04 bits per heavy atom. The molecule has 0 atom stereocenters. The van der Waals surface area contributed by atoms with E-state index in [0.717, 1.165) is 22.6 Å². The van der Waals surface area contributed by atoms with Crippen LogP contribution in [0.5, 0.6) is 11.5 Å². The number of nitrogens with one attached hydrogen (secondary N) is 2. The van der Waals surface area contributed by atoms with Crippen LogP contribution in [0.25, 0.3) is 0 Å². The van der Waals surface area contributed by atoms with Crippen LogP contribution in [0.3, 0.4) is 0 Å². The van der Waals surface area contributed by atoms with Crippen molar-refractivity contribution in [2.24, 2.45) is 0 Å². The molecule has 2 rings (SSSR count). The van der Waals surface area contributed by atoms with Gasteiger partial charge in [0.2, 0.25) is 0 Å². The molecule has 0 spiro atoms. The Morgan fingerprint density at radius 2 is 1.79 bits per heavy atom. The van der Waals surface area contributed by atoms with Crippen LogP contribution in [0.2, 0.25) is 0 Å². The fourth-order valence-electron chi connectivity index (χ4n) is 2.28. The molecule has 5 heteroatoms. The zero-order valence-corrected chi connectivity index (χ0v) is 14.4. The number of benzene rings is 2. The second kappa shape index (κ2) is 8.82. The summed E-state index contributed by atoms with van der Waals surface area (Å²) in [5.41, 5.74) is 3.31. The van der Waals surface area contributed by atoms with Crippen molar-refractivity contribution >= 4 is 6.03 Å². The third-order valence-electron chi connectivity index (χ3n) is 3.59. The van der Waals surface area contributed by atoms with Crippen LogP contribution in [-0.4, -0.2) is 26.3 Å². The van der Waals surface area contributed by atoms with Crippen LogP contribution in [0.4, 0.5) is 4.79 Å². The standard InChI is InChI=1S/C19H24N2O3/c1-14-4-9-18(15(2)12-14)24-11-10-20-19(22)21-13-16-5-7-17(23-3)8-6-16/h4-9,12H,10-11,13H2,1-3H3,(H2,20,21,22). The van der Waals surface area contributed by atoms with E-state index in [-0.39, 0.29) is 6.03 Å². The minimum Gasteiger partial charge on any atom is -0.497 e. The van der Waals surface area contributed by atoms with E-state index in [2.05, 4.69) is 16.7 Å². The van der Waals surface area contributed by atoms with Gasteiger partial charge in [0, 0.05) is 6.54 Å². The van der Waals surface area contributed by atoms with Gasteiger partial charge < -0.3 is 20.1 Å². The molecule has 0 aromatic heterocycles. The highest BCUT2D eigenvalue weighted by Gasteiger charge is 2.02. The minimum atomic E-state index is -0.213. The molecule has 0 aliphatic carbocycles. The lowest BCUT2D eigenvalue weighted by Gasteiger charge is -2.11. The van der Waals surface area contributed by atoms with Crippen molar-refractivity contribution in [1.29, 1.82) is 0 Å². The topological polar surface area (TPSA) is 59.6 Å². The fourth-order valence-corrected chi connectivity index (χ4v) is 2.28. The maximum atomic E-state index is 11.8. The fraction of sp³-hybridized carbons (Fsp3) is 0.316. The molecule has 0 unspecified atom stereocenters. The summed E-state index contributed by atoms with van der Waals surface area (Å²) in [5, 5.41) is 5.58. The van der Waals surface area contributed by atoms with Crippen LogP contribution in [-0.2, 0) is 6.54 Å². The molecule has 0 radical (unpaired) electrons. The van der Waals surface area contributed by atoms with Crippen molar-refractivity contribution in [1.82, 2.24) is 10.6 Å². The number of urea groups is 1.